The summed E-state index contributed by atoms with van der Waals surface area (Å²) in [5.74, 6) is 1.33. The minimum absolute atomic E-state index is 0.0978. The smallest absolute Gasteiger partial charge is 0.256 e. The van der Waals surface area contributed by atoms with E-state index >= 15 is 0 Å². The van der Waals surface area contributed by atoms with Gasteiger partial charge in [-0.15, -0.1) is 10.2 Å². The van der Waals surface area contributed by atoms with Crippen molar-refractivity contribution in [2.45, 2.75) is 13.1 Å². The van der Waals surface area contributed by atoms with Gasteiger partial charge in [-0.05, 0) is 12.1 Å². The normalized spacial score (nSPS) is 13.9. The first-order valence-corrected chi connectivity index (χ1v) is 6.28. The Bertz CT molecular complexity index is 652. The predicted octanol–water partition coefficient (Wildman–Crippen LogP) is 0.525. The van der Waals surface area contributed by atoms with E-state index in [4.69, 9.17) is 10.5 Å². The summed E-state index contributed by atoms with van der Waals surface area (Å²) in [6.45, 7) is 1.77. The molecule has 2 N–H and O–H groups in total. The summed E-state index contributed by atoms with van der Waals surface area (Å²) < 4.78 is 7.03. The number of fused-ring (bicyclic) bond motifs is 1. The Labute approximate surface area is 116 Å². The number of nitrogens with zero attached hydrogens (tertiary/aromatic N) is 4. The minimum Gasteiger partial charge on any atom is -0.497 e. The number of nitrogens with two attached hydrogens (primary N) is 1. The SMILES string of the molecule is COc1ccc(C(=O)N2CCn3cnnc3C2)c(N)c1. The van der Waals surface area contributed by atoms with E-state index in [-0.39, 0.29) is 5.91 Å². The molecule has 104 valence electrons. The van der Waals surface area contributed by atoms with Crippen LogP contribution in [0.2, 0.25) is 0 Å². The number of carbonyl (C=O) groups is 1. The molecule has 7 nitrogen and oxygen atoms in total. The third-order valence-corrected chi connectivity index (χ3v) is 3.42. The van der Waals surface area contributed by atoms with Gasteiger partial charge in [0.25, 0.3) is 5.91 Å². The highest BCUT2D eigenvalue weighted by Crippen LogP contribution is 2.22. The molecule has 1 aliphatic heterocycles. The molecular weight excluding hydrogens is 258 g/mol. The van der Waals surface area contributed by atoms with Crippen LogP contribution in [0.3, 0.4) is 0 Å². The van der Waals surface area contributed by atoms with Crippen LogP contribution in [0.15, 0.2) is 24.5 Å². The van der Waals surface area contributed by atoms with E-state index in [0.717, 1.165) is 5.82 Å². The number of hydrogen-bond donors (Lipinski definition) is 1. The van der Waals surface area contributed by atoms with Crippen LogP contribution in [-0.2, 0) is 13.1 Å². The summed E-state index contributed by atoms with van der Waals surface area (Å²) in [6, 6.07) is 5.07. The Kier molecular flexibility index (Phi) is 3.02. The monoisotopic (exact) mass is 273 g/mol. The van der Waals surface area contributed by atoms with Crippen molar-refractivity contribution < 1.29 is 9.53 Å². The molecule has 0 radical (unpaired) electrons. The molecule has 0 saturated heterocycles. The van der Waals surface area contributed by atoms with Gasteiger partial charge in [0, 0.05) is 24.8 Å². The Morgan fingerprint density at radius 2 is 2.25 bits per heavy atom. The summed E-state index contributed by atoms with van der Waals surface area (Å²) in [6.07, 6.45) is 1.68. The van der Waals surface area contributed by atoms with Crippen molar-refractivity contribution >= 4 is 11.6 Å². The summed E-state index contributed by atoms with van der Waals surface area (Å²) in [5.41, 5.74) is 6.82. The first-order chi connectivity index (χ1) is 9.69. The molecule has 20 heavy (non-hydrogen) atoms. The minimum atomic E-state index is -0.0978. The fraction of sp³-hybridized carbons (Fsp3) is 0.308. The average Bonchev–Trinajstić information content (AvgIpc) is 2.93. The first kappa shape index (κ1) is 12.5. The average molecular weight is 273 g/mol. The van der Waals surface area contributed by atoms with Gasteiger partial charge < -0.3 is 19.9 Å². The van der Waals surface area contributed by atoms with Crippen LogP contribution in [-0.4, -0.2) is 39.2 Å². The lowest BCUT2D eigenvalue weighted by atomic mass is 10.1. The van der Waals surface area contributed by atoms with E-state index in [0.29, 0.717) is 36.6 Å². The molecule has 1 aliphatic rings. The number of benzene rings is 1. The lowest BCUT2D eigenvalue weighted by molar-refractivity contribution is 0.0708. The van der Waals surface area contributed by atoms with Crippen molar-refractivity contribution in [1.29, 1.82) is 0 Å². The zero-order valence-corrected chi connectivity index (χ0v) is 11.1. The summed E-state index contributed by atoms with van der Waals surface area (Å²) in [5, 5.41) is 7.85. The Morgan fingerprint density at radius 3 is 3.00 bits per heavy atom. The van der Waals surface area contributed by atoms with Crippen LogP contribution < -0.4 is 10.5 Å². The highest BCUT2D eigenvalue weighted by atomic mass is 16.5. The van der Waals surface area contributed by atoms with Gasteiger partial charge in [-0.1, -0.05) is 0 Å². The molecule has 0 unspecified atom stereocenters. The van der Waals surface area contributed by atoms with Gasteiger partial charge in [0.05, 0.1) is 19.2 Å². The molecule has 0 atom stereocenters. The maximum Gasteiger partial charge on any atom is 0.256 e. The van der Waals surface area contributed by atoms with E-state index < -0.39 is 0 Å². The van der Waals surface area contributed by atoms with Crippen molar-refractivity contribution in [2.75, 3.05) is 19.4 Å². The molecule has 0 fully saturated rings. The number of aromatic nitrogens is 3. The summed E-state index contributed by atoms with van der Waals surface area (Å²) in [4.78, 5) is 14.2. The molecule has 2 heterocycles. The fourth-order valence-electron chi connectivity index (χ4n) is 2.27. The van der Waals surface area contributed by atoms with Gasteiger partial charge in [0.15, 0.2) is 5.82 Å². The van der Waals surface area contributed by atoms with Crippen molar-refractivity contribution in [1.82, 2.24) is 19.7 Å². The molecule has 0 aliphatic carbocycles. The zero-order valence-electron chi connectivity index (χ0n) is 11.1. The molecule has 0 saturated carbocycles. The molecule has 3 rings (SSSR count). The number of rotatable bonds is 2. The lowest BCUT2D eigenvalue weighted by Crippen LogP contribution is -2.38. The van der Waals surface area contributed by atoms with Crippen LogP contribution in [0.5, 0.6) is 5.75 Å². The molecule has 0 bridgehead atoms. The maximum absolute atomic E-state index is 12.5. The second kappa shape index (κ2) is 4.84. The van der Waals surface area contributed by atoms with E-state index in [1.54, 1.807) is 36.5 Å². The Balaban J connectivity index is 1.83. The highest BCUT2D eigenvalue weighted by Gasteiger charge is 2.24. The summed E-state index contributed by atoms with van der Waals surface area (Å²) >= 11 is 0. The zero-order chi connectivity index (χ0) is 14.1. The maximum atomic E-state index is 12.5. The number of hydrogen-bond acceptors (Lipinski definition) is 5. The van der Waals surface area contributed by atoms with E-state index in [9.17, 15) is 4.79 Å². The standard InChI is InChI=1S/C13H15N5O2/c1-20-9-2-3-10(11(14)6-9)13(19)17-4-5-18-8-15-16-12(18)7-17/h2-3,6,8H,4-5,7,14H2,1H3. The molecular formula is C13H15N5O2. The van der Waals surface area contributed by atoms with E-state index in [2.05, 4.69) is 10.2 Å². The van der Waals surface area contributed by atoms with Gasteiger partial charge in [0.1, 0.15) is 12.1 Å². The Hall–Kier alpha value is -2.57. The fourth-order valence-corrected chi connectivity index (χ4v) is 2.27. The number of ether oxygens (including phenoxy) is 1. The third-order valence-electron chi connectivity index (χ3n) is 3.42. The number of nitrogen functional groups attached to an aromatic ring is 1. The second-order valence-electron chi connectivity index (χ2n) is 4.62. The Morgan fingerprint density at radius 1 is 1.40 bits per heavy atom. The number of amides is 1. The van der Waals surface area contributed by atoms with Crippen molar-refractivity contribution in [2.24, 2.45) is 0 Å². The number of anilines is 1. The van der Waals surface area contributed by atoms with Gasteiger partial charge in [-0.25, -0.2) is 0 Å². The van der Waals surface area contributed by atoms with Gasteiger partial charge in [0.2, 0.25) is 0 Å². The van der Waals surface area contributed by atoms with Crippen molar-refractivity contribution in [3.8, 4) is 5.75 Å². The van der Waals surface area contributed by atoms with Crippen LogP contribution in [0, 0.1) is 0 Å². The molecule has 1 aromatic carbocycles. The van der Waals surface area contributed by atoms with E-state index in [1.807, 2.05) is 4.57 Å². The van der Waals surface area contributed by atoms with Crippen molar-refractivity contribution in [3.63, 3.8) is 0 Å². The lowest BCUT2D eigenvalue weighted by Gasteiger charge is -2.27. The summed E-state index contributed by atoms with van der Waals surface area (Å²) in [7, 11) is 1.56. The predicted molar refractivity (Wildman–Crippen MR) is 72.2 cm³/mol. The van der Waals surface area contributed by atoms with Crippen LogP contribution in [0.1, 0.15) is 16.2 Å². The van der Waals surface area contributed by atoms with Crippen LogP contribution in [0.25, 0.3) is 0 Å². The molecule has 2 aromatic rings. The van der Waals surface area contributed by atoms with Crippen LogP contribution in [0.4, 0.5) is 5.69 Å². The second-order valence-corrected chi connectivity index (χ2v) is 4.62. The quantitative estimate of drug-likeness (QED) is 0.806. The molecule has 1 aromatic heterocycles. The number of methoxy groups -OCH3 is 1. The van der Waals surface area contributed by atoms with Gasteiger partial charge >= 0.3 is 0 Å². The highest BCUT2D eigenvalue weighted by molar-refractivity contribution is 5.99. The molecule has 7 heteroatoms. The van der Waals surface area contributed by atoms with Gasteiger partial charge in [-0.3, -0.25) is 4.79 Å². The molecule has 1 amide bonds. The number of carbonyl (C=O) groups excluding carboxylic acids is 1. The molecule has 0 spiro atoms. The van der Waals surface area contributed by atoms with E-state index in [1.165, 1.54) is 0 Å². The largest absolute Gasteiger partial charge is 0.497 e. The first-order valence-electron chi connectivity index (χ1n) is 6.28. The van der Waals surface area contributed by atoms with Gasteiger partial charge in [-0.2, -0.15) is 0 Å². The topological polar surface area (TPSA) is 86.3 Å². The van der Waals surface area contributed by atoms with Crippen LogP contribution >= 0.6 is 0 Å². The third kappa shape index (κ3) is 2.07. The van der Waals surface area contributed by atoms with Crippen molar-refractivity contribution in [3.05, 3.63) is 35.9 Å².